The fraction of sp³-hybridized carbons (Fsp3) is 0.278. The van der Waals surface area contributed by atoms with Crippen molar-refractivity contribution in [2.45, 2.75) is 19.1 Å². The van der Waals surface area contributed by atoms with Crippen molar-refractivity contribution in [2.24, 2.45) is 0 Å². The van der Waals surface area contributed by atoms with Crippen molar-refractivity contribution in [1.29, 1.82) is 0 Å². The summed E-state index contributed by atoms with van der Waals surface area (Å²) in [6, 6.07) is 9.24. The Morgan fingerprint density at radius 2 is 2.00 bits per heavy atom. The molecule has 1 aromatic carbocycles. The molecule has 0 radical (unpaired) electrons. The number of carbonyl (C=O) groups is 3. The van der Waals surface area contributed by atoms with Crippen molar-refractivity contribution >= 4 is 17.8 Å². The highest BCUT2D eigenvalue weighted by Gasteiger charge is 2.55. The number of nitrogens with zero attached hydrogens (tertiary/aromatic N) is 1. The number of esters is 1. The molecule has 124 valence electrons. The molecule has 2 aliphatic rings. The third-order valence-electron chi connectivity index (χ3n) is 3.96. The molecule has 3 rings (SSSR count). The minimum Gasteiger partial charge on any atom is -0.459 e. The van der Waals surface area contributed by atoms with E-state index in [2.05, 4.69) is 6.58 Å². The number of amides is 2. The van der Waals surface area contributed by atoms with Gasteiger partial charge in [0.25, 0.3) is 11.8 Å². The fourth-order valence-electron chi connectivity index (χ4n) is 2.46. The van der Waals surface area contributed by atoms with Crippen molar-refractivity contribution in [2.75, 3.05) is 13.2 Å². The topological polar surface area (TPSA) is 76.2 Å². The number of imide groups is 1. The summed E-state index contributed by atoms with van der Waals surface area (Å²) >= 11 is 0. The van der Waals surface area contributed by atoms with Crippen LogP contribution in [0.1, 0.15) is 12.5 Å². The monoisotopic (exact) mass is 327 g/mol. The molecular weight excluding hydrogens is 310 g/mol. The van der Waals surface area contributed by atoms with Crippen molar-refractivity contribution in [3.05, 3.63) is 59.7 Å². The van der Waals surface area contributed by atoms with Gasteiger partial charge < -0.3 is 9.47 Å². The lowest BCUT2D eigenvalue weighted by Gasteiger charge is -2.17. The standard InChI is InChI=1S/C18H17NO5/c1-12(2)17(22)23-10-18(11-24-18)14-8-15(20)19(16(14)21)9-13-6-4-3-5-7-13/h3-8H,1,9-11H2,2H3. The molecule has 1 aromatic rings. The Labute approximate surface area is 139 Å². The summed E-state index contributed by atoms with van der Waals surface area (Å²) in [5.41, 5.74) is 0.342. The summed E-state index contributed by atoms with van der Waals surface area (Å²) in [5, 5.41) is 0. The number of hydrogen-bond donors (Lipinski definition) is 0. The highest BCUT2D eigenvalue weighted by atomic mass is 16.6. The average molecular weight is 327 g/mol. The molecule has 1 fully saturated rings. The van der Waals surface area contributed by atoms with Gasteiger partial charge in [-0.05, 0) is 12.5 Å². The zero-order chi connectivity index (χ0) is 17.3. The van der Waals surface area contributed by atoms with Crippen LogP contribution in [0.5, 0.6) is 0 Å². The molecule has 1 atom stereocenters. The van der Waals surface area contributed by atoms with Gasteiger partial charge in [0, 0.05) is 11.6 Å². The molecule has 24 heavy (non-hydrogen) atoms. The van der Waals surface area contributed by atoms with Crippen molar-refractivity contribution in [1.82, 2.24) is 4.90 Å². The zero-order valence-electron chi connectivity index (χ0n) is 13.3. The van der Waals surface area contributed by atoms with Gasteiger partial charge in [0.05, 0.1) is 18.7 Å². The molecule has 0 N–H and O–H groups in total. The maximum atomic E-state index is 12.6. The zero-order valence-corrected chi connectivity index (χ0v) is 13.3. The van der Waals surface area contributed by atoms with Crippen LogP contribution in [-0.4, -0.2) is 41.5 Å². The lowest BCUT2D eigenvalue weighted by molar-refractivity contribution is -0.142. The first-order valence-corrected chi connectivity index (χ1v) is 7.51. The minimum atomic E-state index is -1.01. The Bertz CT molecular complexity index is 746. The first-order chi connectivity index (χ1) is 11.4. The molecule has 1 saturated heterocycles. The number of benzene rings is 1. The summed E-state index contributed by atoms with van der Waals surface area (Å²) in [6.45, 7) is 5.36. The average Bonchev–Trinajstić information content (AvgIpc) is 3.30. The van der Waals surface area contributed by atoms with E-state index in [1.54, 1.807) is 0 Å². The maximum Gasteiger partial charge on any atom is 0.333 e. The minimum absolute atomic E-state index is 0.108. The molecule has 6 nitrogen and oxygen atoms in total. The molecule has 0 spiro atoms. The fourth-order valence-corrected chi connectivity index (χ4v) is 2.46. The Morgan fingerprint density at radius 1 is 1.33 bits per heavy atom. The highest BCUT2D eigenvalue weighted by Crippen LogP contribution is 2.39. The van der Waals surface area contributed by atoms with Crippen LogP contribution in [0.2, 0.25) is 0 Å². The quantitative estimate of drug-likeness (QED) is 0.341. The van der Waals surface area contributed by atoms with E-state index in [0.29, 0.717) is 0 Å². The summed E-state index contributed by atoms with van der Waals surface area (Å²) in [5.74, 6) is -1.35. The van der Waals surface area contributed by atoms with E-state index in [-0.39, 0.29) is 36.8 Å². The van der Waals surface area contributed by atoms with Gasteiger partial charge in [0.2, 0.25) is 0 Å². The molecule has 1 unspecified atom stereocenters. The lowest BCUT2D eigenvalue weighted by Crippen LogP contribution is -2.35. The van der Waals surface area contributed by atoms with Crippen LogP contribution in [0.15, 0.2) is 54.1 Å². The molecule has 0 saturated carbocycles. The van der Waals surface area contributed by atoms with Gasteiger partial charge in [0.15, 0.2) is 5.60 Å². The lowest BCUT2D eigenvalue weighted by atomic mass is 10.0. The van der Waals surface area contributed by atoms with E-state index in [0.717, 1.165) is 10.5 Å². The summed E-state index contributed by atoms with van der Waals surface area (Å²) < 4.78 is 10.4. The second kappa shape index (κ2) is 6.05. The number of rotatable bonds is 6. The molecule has 2 heterocycles. The van der Waals surface area contributed by atoms with Crippen molar-refractivity contribution in [3.8, 4) is 0 Å². The Morgan fingerprint density at radius 3 is 2.58 bits per heavy atom. The van der Waals surface area contributed by atoms with Gasteiger partial charge in [-0.15, -0.1) is 0 Å². The molecule has 2 aliphatic heterocycles. The predicted molar refractivity (Wildman–Crippen MR) is 84.5 cm³/mol. The van der Waals surface area contributed by atoms with E-state index >= 15 is 0 Å². The molecule has 6 heteroatoms. The molecular formula is C18H17NO5. The molecule has 0 aliphatic carbocycles. The second-order valence-electron chi connectivity index (χ2n) is 5.91. The van der Waals surface area contributed by atoms with Gasteiger partial charge in [-0.1, -0.05) is 36.9 Å². The normalized spacial score (nSPS) is 22.4. The van der Waals surface area contributed by atoms with Crippen molar-refractivity contribution in [3.63, 3.8) is 0 Å². The third-order valence-corrected chi connectivity index (χ3v) is 3.96. The highest BCUT2D eigenvalue weighted by molar-refractivity contribution is 6.17. The molecule has 0 aromatic heterocycles. The Hall–Kier alpha value is -2.73. The third kappa shape index (κ3) is 3.00. The Kier molecular flexibility index (Phi) is 4.07. The molecule has 0 bridgehead atoms. The van der Waals surface area contributed by atoms with E-state index in [1.807, 2.05) is 30.3 Å². The first-order valence-electron chi connectivity index (χ1n) is 7.51. The van der Waals surface area contributed by atoms with E-state index in [4.69, 9.17) is 9.47 Å². The van der Waals surface area contributed by atoms with Gasteiger partial charge in [-0.3, -0.25) is 14.5 Å². The number of hydrogen-bond acceptors (Lipinski definition) is 5. The van der Waals surface area contributed by atoms with Crippen LogP contribution >= 0.6 is 0 Å². The van der Waals surface area contributed by atoms with E-state index in [9.17, 15) is 14.4 Å². The van der Waals surface area contributed by atoms with Crippen LogP contribution in [0, 0.1) is 0 Å². The SMILES string of the molecule is C=C(C)C(=O)OCC1(C2=CC(=O)N(Cc3ccccc3)C2=O)CO1. The summed E-state index contributed by atoms with van der Waals surface area (Å²) in [4.78, 5) is 37.4. The summed E-state index contributed by atoms with van der Waals surface area (Å²) in [7, 11) is 0. The van der Waals surface area contributed by atoms with E-state index < -0.39 is 17.5 Å². The van der Waals surface area contributed by atoms with E-state index in [1.165, 1.54) is 13.0 Å². The van der Waals surface area contributed by atoms with Gasteiger partial charge in [-0.25, -0.2) is 4.79 Å². The van der Waals surface area contributed by atoms with Crippen LogP contribution in [0.3, 0.4) is 0 Å². The second-order valence-corrected chi connectivity index (χ2v) is 5.91. The van der Waals surface area contributed by atoms with Crippen LogP contribution in [0.4, 0.5) is 0 Å². The number of carbonyl (C=O) groups excluding carboxylic acids is 3. The number of ether oxygens (including phenoxy) is 2. The Balaban J connectivity index is 1.70. The van der Waals surface area contributed by atoms with Crippen LogP contribution in [-0.2, 0) is 30.4 Å². The first kappa shape index (κ1) is 16.1. The van der Waals surface area contributed by atoms with Gasteiger partial charge in [-0.2, -0.15) is 0 Å². The molecule has 2 amide bonds. The maximum absolute atomic E-state index is 12.6. The van der Waals surface area contributed by atoms with Crippen LogP contribution < -0.4 is 0 Å². The predicted octanol–water partition coefficient (Wildman–Crippen LogP) is 1.37. The number of epoxide rings is 1. The van der Waals surface area contributed by atoms with Crippen LogP contribution in [0.25, 0.3) is 0 Å². The summed E-state index contributed by atoms with van der Waals surface area (Å²) in [6.07, 6.45) is 1.27. The van der Waals surface area contributed by atoms with Gasteiger partial charge in [0.1, 0.15) is 6.61 Å². The largest absolute Gasteiger partial charge is 0.459 e. The van der Waals surface area contributed by atoms with Gasteiger partial charge >= 0.3 is 5.97 Å². The smallest absolute Gasteiger partial charge is 0.333 e. The van der Waals surface area contributed by atoms with Crippen molar-refractivity contribution < 1.29 is 23.9 Å².